The number of halogens is 1. The summed E-state index contributed by atoms with van der Waals surface area (Å²) in [6.07, 6.45) is 1.35. The Balaban J connectivity index is 1.65. The van der Waals surface area contributed by atoms with E-state index in [0.29, 0.717) is 23.1 Å². The molecule has 1 aromatic heterocycles. The lowest BCUT2D eigenvalue weighted by molar-refractivity contribution is 0.102. The van der Waals surface area contributed by atoms with Gasteiger partial charge in [-0.15, -0.1) is 0 Å². The van der Waals surface area contributed by atoms with Gasteiger partial charge in [-0.05, 0) is 29.8 Å². The van der Waals surface area contributed by atoms with Gasteiger partial charge >= 0.3 is 0 Å². The summed E-state index contributed by atoms with van der Waals surface area (Å²) in [5.74, 6) is 1.00. The molecule has 0 aliphatic rings. The Bertz CT molecular complexity index is 900. The van der Waals surface area contributed by atoms with E-state index in [0.717, 1.165) is 11.3 Å². The fourth-order valence-corrected chi connectivity index (χ4v) is 2.45. The highest BCUT2D eigenvalue weighted by atomic mass is 35.5. The van der Waals surface area contributed by atoms with Gasteiger partial charge in [-0.1, -0.05) is 35.9 Å². The van der Waals surface area contributed by atoms with E-state index in [2.05, 4.69) is 20.6 Å². The quantitative estimate of drug-likeness (QED) is 0.687. The zero-order valence-electron chi connectivity index (χ0n) is 14.1. The van der Waals surface area contributed by atoms with Crippen molar-refractivity contribution >= 4 is 29.0 Å². The van der Waals surface area contributed by atoms with E-state index in [9.17, 15) is 4.79 Å². The third-order valence-electron chi connectivity index (χ3n) is 3.65. The fourth-order valence-electron chi connectivity index (χ4n) is 2.26. The van der Waals surface area contributed by atoms with Gasteiger partial charge in [0.05, 0.1) is 17.8 Å². The predicted octanol–water partition coefficient (Wildman–Crippen LogP) is 4.00. The average molecular weight is 369 g/mol. The lowest BCUT2D eigenvalue weighted by Crippen LogP contribution is -2.15. The van der Waals surface area contributed by atoms with Gasteiger partial charge in [0.2, 0.25) is 0 Å². The minimum Gasteiger partial charge on any atom is -0.497 e. The van der Waals surface area contributed by atoms with Crippen LogP contribution in [0.4, 0.5) is 11.5 Å². The van der Waals surface area contributed by atoms with E-state index in [4.69, 9.17) is 16.3 Å². The molecule has 0 saturated heterocycles. The highest BCUT2D eigenvalue weighted by Crippen LogP contribution is 2.21. The van der Waals surface area contributed by atoms with E-state index >= 15 is 0 Å². The molecule has 0 saturated carbocycles. The standard InChI is InChI=1S/C19H17ClN4O2/c1-26-14-8-6-13(7-9-14)11-21-18-10-17(22-12-23-18)19(25)24-16-5-3-2-4-15(16)20/h2-10,12H,11H2,1H3,(H,24,25)(H,21,22,23). The van der Waals surface area contributed by atoms with Crippen molar-refractivity contribution in [1.82, 2.24) is 9.97 Å². The van der Waals surface area contributed by atoms with Gasteiger partial charge in [0.1, 0.15) is 23.6 Å². The minimum absolute atomic E-state index is 0.247. The summed E-state index contributed by atoms with van der Waals surface area (Å²) in [5.41, 5.74) is 1.84. The Morgan fingerprint density at radius 1 is 1.12 bits per heavy atom. The lowest BCUT2D eigenvalue weighted by atomic mass is 10.2. The molecule has 0 fully saturated rings. The molecular weight excluding hydrogens is 352 g/mol. The SMILES string of the molecule is COc1ccc(CNc2cc(C(=O)Nc3ccccc3Cl)ncn2)cc1. The number of hydrogen-bond donors (Lipinski definition) is 2. The van der Waals surface area contributed by atoms with Crippen molar-refractivity contribution in [3.63, 3.8) is 0 Å². The number of hydrogen-bond acceptors (Lipinski definition) is 5. The molecule has 1 amide bonds. The van der Waals surface area contributed by atoms with Gasteiger partial charge in [-0.25, -0.2) is 9.97 Å². The Hall–Kier alpha value is -3.12. The summed E-state index contributed by atoms with van der Waals surface area (Å²) in [6, 6.07) is 16.3. The van der Waals surface area contributed by atoms with Gasteiger partial charge in [0.15, 0.2) is 0 Å². The largest absolute Gasteiger partial charge is 0.497 e. The van der Waals surface area contributed by atoms with Crippen LogP contribution in [0.5, 0.6) is 5.75 Å². The number of nitrogens with zero attached hydrogens (tertiary/aromatic N) is 2. The first-order valence-electron chi connectivity index (χ1n) is 7.90. The summed E-state index contributed by atoms with van der Waals surface area (Å²) in [7, 11) is 1.63. The van der Waals surface area contributed by atoms with Crippen LogP contribution in [-0.2, 0) is 6.54 Å². The normalized spacial score (nSPS) is 10.2. The summed E-state index contributed by atoms with van der Waals surface area (Å²) in [5, 5.41) is 6.37. The monoisotopic (exact) mass is 368 g/mol. The van der Waals surface area contributed by atoms with E-state index in [1.54, 1.807) is 37.4 Å². The van der Waals surface area contributed by atoms with Crippen LogP contribution in [0.25, 0.3) is 0 Å². The van der Waals surface area contributed by atoms with Crippen LogP contribution in [0.2, 0.25) is 5.02 Å². The number of amides is 1. The number of aromatic nitrogens is 2. The molecule has 26 heavy (non-hydrogen) atoms. The number of nitrogens with one attached hydrogen (secondary N) is 2. The lowest BCUT2D eigenvalue weighted by Gasteiger charge is -2.09. The van der Waals surface area contributed by atoms with Crippen LogP contribution in [0.15, 0.2) is 60.9 Å². The first kappa shape index (κ1) is 17.7. The van der Waals surface area contributed by atoms with E-state index in [1.165, 1.54) is 6.33 Å². The number of anilines is 2. The first-order chi connectivity index (χ1) is 12.7. The Kier molecular flexibility index (Phi) is 5.66. The van der Waals surface area contributed by atoms with Crippen LogP contribution >= 0.6 is 11.6 Å². The van der Waals surface area contributed by atoms with Gasteiger partial charge < -0.3 is 15.4 Å². The maximum atomic E-state index is 12.4. The predicted molar refractivity (Wildman–Crippen MR) is 102 cm³/mol. The molecule has 0 atom stereocenters. The summed E-state index contributed by atoms with van der Waals surface area (Å²) in [4.78, 5) is 20.5. The van der Waals surface area contributed by atoms with Crippen LogP contribution in [0, 0.1) is 0 Å². The maximum Gasteiger partial charge on any atom is 0.274 e. The number of para-hydroxylation sites is 1. The summed E-state index contributed by atoms with van der Waals surface area (Å²) < 4.78 is 5.14. The number of carbonyl (C=O) groups excluding carboxylic acids is 1. The van der Waals surface area contributed by atoms with Crippen LogP contribution in [0.3, 0.4) is 0 Å². The third-order valence-corrected chi connectivity index (χ3v) is 3.98. The second-order valence-electron chi connectivity index (χ2n) is 5.42. The molecule has 0 spiro atoms. The van der Waals surface area contributed by atoms with Crippen LogP contribution < -0.4 is 15.4 Å². The van der Waals surface area contributed by atoms with Gasteiger partial charge in [-0.3, -0.25) is 4.79 Å². The molecule has 1 heterocycles. The van der Waals surface area contributed by atoms with Crippen LogP contribution in [-0.4, -0.2) is 23.0 Å². The second-order valence-corrected chi connectivity index (χ2v) is 5.83. The second kappa shape index (κ2) is 8.31. The molecule has 0 aliphatic heterocycles. The van der Waals surface area contributed by atoms with Crippen molar-refractivity contribution in [2.75, 3.05) is 17.7 Å². The number of methoxy groups -OCH3 is 1. The topological polar surface area (TPSA) is 76.1 Å². The zero-order valence-corrected chi connectivity index (χ0v) is 14.8. The number of ether oxygens (including phenoxy) is 1. The van der Waals surface area contributed by atoms with Gasteiger partial charge in [-0.2, -0.15) is 0 Å². The Morgan fingerprint density at radius 3 is 2.62 bits per heavy atom. The van der Waals surface area contributed by atoms with Gasteiger partial charge in [0.25, 0.3) is 5.91 Å². The molecule has 3 rings (SSSR count). The minimum atomic E-state index is -0.354. The summed E-state index contributed by atoms with van der Waals surface area (Å²) >= 11 is 6.06. The van der Waals surface area contributed by atoms with Crippen molar-refractivity contribution in [3.8, 4) is 5.75 Å². The number of benzene rings is 2. The first-order valence-corrected chi connectivity index (χ1v) is 8.28. The van der Waals surface area contributed by atoms with Crippen molar-refractivity contribution < 1.29 is 9.53 Å². The Labute approximate surface area is 156 Å². The molecule has 132 valence electrons. The number of carbonyl (C=O) groups is 1. The zero-order chi connectivity index (χ0) is 18.4. The molecule has 0 unspecified atom stereocenters. The maximum absolute atomic E-state index is 12.4. The fraction of sp³-hybridized carbons (Fsp3) is 0.105. The molecular formula is C19H17ClN4O2. The highest BCUT2D eigenvalue weighted by Gasteiger charge is 2.11. The van der Waals surface area contributed by atoms with E-state index in [1.807, 2.05) is 24.3 Å². The highest BCUT2D eigenvalue weighted by molar-refractivity contribution is 6.33. The number of rotatable bonds is 6. The molecule has 2 aromatic carbocycles. The third kappa shape index (κ3) is 4.49. The van der Waals surface area contributed by atoms with Gasteiger partial charge in [0, 0.05) is 12.6 Å². The van der Waals surface area contributed by atoms with Crippen molar-refractivity contribution in [3.05, 3.63) is 77.2 Å². The van der Waals surface area contributed by atoms with E-state index in [-0.39, 0.29) is 11.6 Å². The molecule has 7 heteroatoms. The van der Waals surface area contributed by atoms with Crippen molar-refractivity contribution in [1.29, 1.82) is 0 Å². The summed E-state index contributed by atoms with van der Waals surface area (Å²) in [6.45, 7) is 0.562. The van der Waals surface area contributed by atoms with Crippen LogP contribution in [0.1, 0.15) is 16.1 Å². The molecule has 0 radical (unpaired) electrons. The smallest absolute Gasteiger partial charge is 0.274 e. The van der Waals surface area contributed by atoms with Crippen molar-refractivity contribution in [2.24, 2.45) is 0 Å². The molecule has 0 bridgehead atoms. The van der Waals surface area contributed by atoms with E-state index < -0.39 is 0 Å². The molecule has 6 nitrogen and oxygen atoms in total. The molecule has 0 aliphatic carbocycles. The van der Waals surface area contributed by atoms with Crippen molar-refractivity contribution in [2.45, 2.75) is 6.54 Å². The molecule has 3 aromatic rings. The Morgan fingerprint density at radius 2 is 1.88 bits per heavy atom. The molecule has 2 N–H and O–H groups in total. The average Bonchev–Trinajstić information content (AvgIpc) is 2.69.